The van der Waals surface area contributed by atoms with Crippen molar-refractivity contribution >= 4 is 33.4 Å². The number of carbonyl (C=O) groups excluding carboxylic acids is 1. The standard InChI is InChI=1S/C16H20BrClN2O/c17-14-6-4-5-13(15(14)18)16(21)20-10-7-12(11-20)19-8-2-1-3-9-19/h4-6,12H,1-3,7-11H2. The molecule has 5 heteroatoms. The highest BCUT2D eigenvalue weighted by molar-refractivity contribution is 9.10. The van der Waals surface area contributed by atoms with Gasteiger partial charge in [0, 0.05) is 23.6 Å². The molecule has 2 heterocycles. The van der Waals surface area contributed by atoms with Crippen LogP contribution in [0.2, 0.25) is 5.02 Å². The fraction of sp³-hybridized carbons (Fsp3) is 0.562. The topological polar surface area (TPSA) is 23.6 Å². The van der Waals surface area contributed by atoms with E-state index < -0.39 is 0 Å². The maximum Gasteiger partial charge on any atom is 0.255 e. The third kappa shape index (κ3) is 3.27. The molecule has 0 saturated carbocycles. The van der Waals surface area contributed by atoms with E-state index in [9.17, 15) is 4.79 Å². The molecule has 1 aromatic carbocycles. The molecular weight excluding hydrogens is 352 g/mol. The molecular formula is C16H20BrClN2O. The van der Waals surface area contributed by atoms with E-state index in [1.54, 1.807) is 0 Å². The zero-order valence-electron chi connectivity index (χ0n) is 12.0. The highest BCUT2D eigenvalue weighted by Gasteiger charge is 2.32. The monoisotopic (exact) mass is 370 g/mol. The molecule has 1 amide bonds. The molecule has 0 N–H and O–H groups in total. The highest BCUT2D eigenvalue weighted by atomic mass is 79.9. The van der Waals surface area contributed by atoms with Gasteiger partial charge in [0.1, 0.15) is 0 Å². The molecule has 2 fully saturated rings. The van der Waals surface area contributed by atoms with E-state index in [-0.39, 0.29) is 5.91 Å². The van der Waals surface area contributed by atoms with Crippen molar-refractivity contribution in [1.82, 2.24) is 9.80 Å². The van der Waals surface area contributed by atoms with E-state index in [1.807, 2.05) is 23.1 Å². The summed E-state index contributed by atoms with van der Waals surface area (Å²) >= 11 is 9.63. The van der Waals surface area contributed by atoms with Crippen molar-refractivity contribution in [1.29, 1.82) is 0 Å². The van der Waals surface area contributed by atoms with Gasteiger partial charge in [-0.25, -0.2) is 0 Å². The number of hydrogen-bond donors (Lipinski definition) is 0. The van der Waals surface area contributed by atoms with Crippen LogP contribution in [0.5, 0.6) is 0 Å². The van der Waals surface area contributed by atoms with Crippen LogP contribution in [0.4, 0.5) is 0 Å². The number of hydrogen-bond acceptors (Lipinski definition) is 2. The number of nitrogens with zero attached hydrogens (tertiary/aromatic N) is 2. The molecule has 1 unspecified atom stereocenters. The Kier molecular flexibility index (Phi) is 4.87. The molecule has 2 saturated heterocycles. The van der Waals surface area contributed by atoms with Crippen molar-refractivity contribution in [3.8, 4) is 0 Å². The van der Waals surface area contributed by atoms with Gasteiger partial charge in [0.15, 0.2) is 0 Å². The van der Waals surface area contributed by atoms with Gasteiger partial charge in [0.25, 0.3) is 5.91 Å². The summed E-state index contributed by atoms with van der Waals surface area (Å²) in [6.07, 6.45) is 5.01. The molecule has 0 bridgehead atoms. The third-order valence-electron chi connectivity index (χ3n) is 4.54. The van der Waals surface area contributed by atoms with E-state index in [4.69, 9.17) is 11.6 Å². The van der Waals surface area contributed by atoms with Crippen LogP contribution in [0, 0.1) is 0 Å². The maximum absolute atomic E-state index is 12.7. The third-order valence-corrected chi connectivity index (χ3v) is 5.84. The Labute approximate surface area is 139 Å². The largest absolute Gasteiger partial charge is 0.337 e. The van der Waals surface area contributed by atoms with Crippen LogP contribution in [0.3, 0.4) is 0 Å². The Morgan fingerprint density at radius 1 is 1.19 bits per heavy atom. The zero-order valence-corrected chi connectivity index (χ0v) is 14.4. The lowest BCUT2D eigenvalue weighted by molar-refractivity contribution is 0.0771. The molecule has 21 heavy (non-hydrogen) atoms. The van der Waals surface area contributed by atoms with Gasteiger partial charge in [-0.15, -0.1) is 0 Å². The minimum atomic E-state index is 0.0563. The van der Waals surface area contributed by atoms with Crippen LogP contribution >= 0.6 is 27.5 Å². The smallest absolute Gasteiger partial charge is 0.255 e. The van der Waals surface area contributed by atoms with Gasteiger partial charge in [-0.05, 0) is 60.4 Å². The van der Waals surface area contributed by atoms with Crippen molar-refractivity contribution in [3.63, 3.8) is 0 Å². The van der Waals surface area contributed by atoms with Crippen LogP contribution in [0.15, 0.2) is 22.7 Å². The summed E-state index contributed by atoms with van der Waals surface area (Å²) in [5, 5.41) is 0.518. The first kappa shape index (κ1) is 15.3. The molecule has 3 rings (SSSR count). The average molecular weight is 372 g/mol. The van der Waals surface area contributed by atoms with Crippen molar-refractivity contribution in [2.45, 2.75) is 31.7 Å². The summed E-state index contributed by atoms with van der Waals surface area (Å²) in [6.45, 7) is 4.04. The lowest BCUT2D eigenvalue weighted by atomic mass is 10.1. The lowest BCUT2D eigenvalue weighted by Gasteiger charge is -2.32. The van der Waals surface area contributed by atoms with Crippen LogP contribution in [0.1, 0.15) is 36.0 Å². The number of carbonyl (C=O) groups is 1. The molecule has 3 nitrogen and oxygen atoms in total. The number of rotatable bonds is 2. The fourth-order valence-corrected chi connectivity index (χ4v) is 3.92. The first-order valence-corrected chi connectivity index (χ1v) is 8.81. The van der Waals surface area contributed by atoms with E-state index in [1.165, 1.54) is 32.4 Å². The summed E-state index contributed by atoms with van der Waals surface area (Å²) in [5.74, 6) is 0.0563. The molecule has 0 aromatic heterocycles. The van der Waals surface area contributed by atoms with E-state index in [0.717, 1.165) is 24.0 Å². The Hall–Kier alpha value is -0.580. The summed E-state index contributed by atoms with van der Waals surface area (Å²) in [7, 11) is 0. The Morgan fingerprint density at radius 2 is 1.95 bits per heavy atom. The number of amides is 1. The second-order valence-corrected chi connectivity index (χ2v) is 7.12. The molecule has 0 aliphatic carbocycles. The lowest BCUT2D eigenvalue weighted by Crippen LogP contribution is -2.41. The normalized spacial score (nSPS) is 23.5. The van der Waals surface area contributed by atoms with E-state index in [2.05, 4.69) is 20.8 Å². The average Bonchev–Trinajstić information content (AvgIpc) is 3.00. The van der Waals surface area contributed by atoms with Gasteiger partial charge < -0.3 is 4.90 Å². The van der Waals surface area contributed by atoms with E-state index >= 15 is 0 Å². The molecule has 2 aliphatic heterocycles. The van der Waals surface area contributed by atoms with Crippen LogP contribution in [0.25, 0.3) is 0 Å². The van der Waals surface area contributed by atoms with Crippen molar-refractivity contribution in [2.75, 3.05) is 26.2 Å². The number of likely N-dealkylation sites (tertiary alicyclic amines) is 2. The van der Waals surface area contributed by atoms with E-state index in [0.29, 0.717) is 16.6 Å². The predicted octanol–water partition coefficient (Wildman–Crippen LogP) is 3.80. The summed E-state index contributed by atoms with van der Waals surface area (Å²) < 4.78 is 0.779. The number of halogens is 2. The van der Waals surface area contributed by atoms with Crippen LogP contribution in [-0.4, -0.2) is 47.9 Å². The second kappa shape index (κ2) is 6.67. The molecule has 0 radical (unpaired) electrons. The first-order chi connectivity index (χ1) is 10.2. The fourth-order valence-electron chi connectivity index (χ4n) is 3.35. The van der Waals surface area contributed by atoms with Crippen molar-refractivity contribution in [3.05, 3.63) is 33.3 Å². The van der Waals surface area contributed by atoms with Gasteiger partial charge >= 0.3 is 0 Å². The molecule has 114 valence electrons. The summed E-state index contributed by atoms with van der Waals surface area (Å²) in [6, 6.07) is 6.06. The van der Waals surface area contributed by atoms with Crippen LogP contribution < -0.4 is 0 Å². The highest BCUT2D eigenvalue weighted by Crippen LogP contribution is 2.28. The predicted molar refractivity (Wildman–Crippen MR) is 88.9 cm³/mol. The minimum Gasteiger partial charge on any atom is -0.337 e. The molecule has 2 aliphatic rings. The van der Waals surface area contributed by atoms with Crippen molar-refractivity contribution in [2.24, 2.45) is 0 Å². The number of benzene rings is 1. The quantitative estimate of drug-likeness (QED) is 0.789. The molecule has 1 aromatic rings. The second-order valence-electron chi connectivity index (χ2n) is 5.89. The van der Waals surface area contributed by atoms with Gasteiger partial charge in [-0.1, -0.05) is 24.1 Å². The zero-order chi connectivity index (χ0) is 14.8. The first-order valence-electron chi connectivity index (χ1n) is 7.64. The van der Waals surface area contributed by atoms with Gasteiger partial charge in [0.05, 0.1) is 10.6 Å². The SMILES string of the molecule is O=C(c1cccc(Br)c1Cl)N1CCC(N2CCCCC2)C1. The Balaban J connectivity index is 1.68. The van der Waals surface area contributed by atoms with Crippen LogP contribution in [-0.2, 0) is 0 Å². The van der Waals surface area contributed by atoms with Gasteiger partial charge in [-0.2, -0.15) is 0 Å². The maximum atomic E-state index is 12.7. The molecule has 0 spiro atoms. The van der Waals surface area contributed by atoms with Crippen molar-refractivity contribution < 1.29 is 4.79 Å². The minimum absolute atomic E-state index is 0.0563. The molecule has 1 atom stereocenters. The number of piperidine rings is 1. The Bertz CT molecular complexity index is 531. The Morgan fingerprint density at radius 3 is 2.71 bits per heavy atom. The summed E-state index contributed by atoms with van der Waals surface area (Å²) in [5.41, 5.74) is 0.602. The van der Waals surface area contributed by atoms with Gasteiger partial charge in [-0.3, -0.25) is 9.69 Å². The van der Waals surface area contributed by atoms with Gasteiger partial charge in [0.2, 0.25) is 0 Å². The summed E-state index contributed by atoms with van der Waals surface area (Å²) in [4.78, 5) is 17.2.